The summed E-state index contributed by atoms with van der Waals surface area (Å²) in [5, 5.41) is 0.0765. The quantitative estimate of drug-likeness (QED) is 0.591. The predicted octanol–water partition coefficient (Wildman–Crippen LogP) is 2.17. The lowest BCUT2D eigenvalue weighted by atomic mass is 10.2. The summed E-state index contributed by atoms with van der Waals surface area (Å²) in [5.74, 6) is 2.47. The Balaban J connectivity index is 2.19. The molecule has 0 aliphatic carbocycles. The normalized spacial score (nSPS) is 23.4. The minimum absolute atomic E-state index is 0.0765. The van der Waals surface area contributed by atoms with Crippen LogP contribution in [0, 0.1) is 19.3 Å². The molecule has 0 unspecified atom stereocenters. The van der Waals surface area contributed by atoms with Gasteiger partial charge in [0.15, 0.2) is 8.32 Å². The van der Waals surface area contributed by atoms with Crippen LogP contribution in [0.1, 0.15) is 39.0 Å². The molecule has 1 N–H and O–H groups in total. The number of H-pyrrole nitrogens is 1. The highest BCUT2D eigenvalue weighted by Gasteiger charge is 2.42. The fourth-order valence-corrected chi connectivity index (χ4v) is 3.67. The lowest BCUT2D eigenvalue weighted by Gasteiger charge is -2.37. The van der Waals surface area contributed by atoms with Gasteiger partial charge in [0.05, 0.1) is 12.7 Å². The summed E-state index contributed by atoms with van der Waals surface area (Å²) in [6.07, 6.45) is 6.14. The van der Waals surface area contributed by atoms with Crippen LogP contribution < -0.4 is 11.2 Å². The van der Waals surface area contributed by atoms with Crippen molar-refractivity contribution < 1.29 is 13.9 Å². The topological polar surface area (TPSA) is 82.6 Å². The third kappa shape index (κ3) is 4.99. The highest BCUT2D eigenvalue weighted by Crippen LogP contribution is 2.38. The van der Waals surface area contributed by atoms with E-state index >= 15 is 0 Å². The number of aromatic amines is 1. The minimum Gasteiger partial charge on any atom is -0.414 e. The molecule has 8 heteroatoms. The number of rotatable bonds is 6. The SMILES string of the molecule is C#CCO[C@H]1C[C@H](n2cc(C)c(=O)[nH]c2=O)O[C@@H]1CO[Si](C)(C)C(C)(C)C. The smallest absolute Gasteiger partial charge is 0.330 e. The number of ether oxygens (including phenoxy) is 2. The van der Waals surface area contributed by atoms with Gasteiger partial charge in [-0.15, -0.1) is 6.42 Å². The van der Waals surface area contributed by atoms with Crippen LogP contribution in [0.3, 0.4) is 0 Å². The van der Waals surface area contributed by atoms with E-state index in [0.29, 0.717) is 18.6 Å². The first-order valence-corrected chi connectivity index (χ1v) is 12.0. The zero-order chi connectivity index (χ0) is 20.4. The van der Waals surface area contributed by atoms with E-state index in [0.717, 1.165) is 0 Å². The lowest BCUT2D eigenvalue weighted by molar-refractivity contribution is -0.0550. The predicted molar refractivity (Wildman–Crippen MR) is 106 cm³/mol. The van der Waals surface area contributed by atoms with Crippen LogP contribution in [-0.4, -0.2) is 43.3 Å². The molecule has 1 aliphatic rings. The monoisotopic (exact) mass is 394 g/mol. The average Bonchev–Trinajstić information content (AvgIpc) is 2.96. The largest absolute Gasteiger partial charge is 0.414 e. The molecule has 0 bridgehead atoms. The number of hydrogen-bond donors (Lipinski definition) is 1. The number of nitrogens with one attached hydrogen (secondary N) is 1. The summed E-state index contributed by atoms with van der Waals surface area (Å²) in [7, 11) is -1.95. The van der Waals surface area contributed by atoms with Crippen LogP contribution in [-0.2, 0) is 13.9 Å². The summed E-state index contributed by atoms with van der Waals surface area (Å²) in [6, 6.07) is 0. The molecule has 3 atom stereocenters. The van der Waals surface area contributed by atoms with Crippen molar-refractivity contribution >= 4 is 8.32 Å². The van der Waals surface area contributed by atoms with Gasteiger partial charge in [0.25, 0.3) is 5.56 Å². The minimum atomic E-state index is -1.95. The van der Waals surface area contributed by atoms with Crippen LogP contribution in [0.2, 0.25) is 18.1 Å². The molecule has 1 aromatic heterocycles. The number of hydrogen-bond acceptors (Lipinski definition) is 5. The number of nitrogens with zero attached hydrogens (tertiary/aromatic N) is 1. The highest BCUT2D eigenvalue weighted by molar-refractivity contribution is 6.74. The van der Waals surface area contributed by atoms with Gasteiger partial charge in [0, 0.05) is 18.2 Å². The molecular weight excluding hydrogens is 364 g/mol. The summed E-state index contributed by atoms with van der Waals surface area (Å²) in [4.78, 5) is 26.1. The van der Waals surface area contributed by atoms with E-state index in [1.165, 1.54) is 10.8 Å². The first kappa shape index (κ1) is 21.6. The third-order valence-electron chi connectivity index (χ3n) is 5.43. The van der Waals surface area contributed by atoms with E-state index in [1.807, 2.05) is 0 Å². The molecule has 1 fully saturated rings. The van der Waals surface area contributed by atoms with Gasteiger partial charge in [0.1, 0.15) is 18.9 Å². The Morgan fingerprint density at radius 2 is 2.07 bits per heavy atom. The van der Waals surface area contributed by atoms with E-state index in [2.05, 4.69) is 44.8 Å². The van der Waals surface area contributed by atoms with Crippen LogP contribution >= 0.6 is 0 Å². The Morgan fingerprint density at radius 1 is 1.41 bits per heavy atom. The molecule has 27 heavy (non-hydrogen) atoms. The Labute approximate surface area is 161 Å². The van der Waals surface area contributed by atoms with Gasteiger partial charge < -0.3 is 13.9 Å². The number of terminal acetylenes is 1. The van der Waals surface area contributed by atoms with Crippen LogP contribution in [0.25, 0.3) is 0 Å². The molecule has 0 amide bonds. The standard InChI is InChI=1S/C19H30N2O5Si/c1-8-9-24-14-10-16(21-11-13(2)17(22)20-18(21)23)26-15(14)12-25-27(6,7)19(3,4)5/h1,11,14-16H,9-10,12H2,2-7H3,(H,20,22,23)/t14-,15+,16+/m0/s1. The van der Waals surface area contributed by atoms with Gasteiger partial charge in [-0.05, 0) is 25.1 Å². The van der Waals surface area contributed by atoms with Crippen molar-refractivity contribution in [2.24, 2.45) is 0 Å². The fraction of sp³-hybridized carbons (Fsp3) is 0.684. The molecule has 0 aromatic carbocycles. The van der Waals surface area contributed by atoms with Crippen molar-refractivity contribution in [3.05, 3.63) is 32.6 Å². The summed E-state index contributed by atoms with van der Waals surface area (Å²) < 4.78 is 19.5. The molecule has 1 aromatic rings. The molecule has 1 saturated heterocycles. The van der Waals surface area contributed by atoms with Crippen LogP contribution in [0.15, 0.2) is 15.8 Å². The lowest BCUT2D eigenvalue weighted by Crippen LogP contribution is -2.44. The first-order chi connectivity index (χ1) is 12.5. The third-order valence-corrected chi connectivity index (χ3v) is 9.93. The Hall–Kier alpha value is -1.66. The summed E-state index contributed by atoms with van der Waals surface area (Å²) in [6.45, 7) is 13.1. The van der Waals surface area contributed by atoms with Crippen molar-refractivity contribution in [1.29, 1.82) is 0 Å². The maximum atomic E-state index is 12.2. The van der Waals surface area contributed by atoms with Crippen molar-refractivity contribution in [2.75, 3.05) is 13.2 Å². The van der Waals surface area contributed by atoms with Gasteiger partial charge in [-0.1, -0.05) is 26.7 Å². The van der Waals surface area contributed by atoms with E-state index in [4.69, 9.17) is 20.3 Å². The molecule has 7 nitrogen and oxygen atoms in total. The van der Waals surface area contributed by atoms with Crippen molar-refractivity contribution in [3.63, 3.8) is 0 Å². The molecule has 150 valence electrons. The van der Waals surface area contributed by atoms with Crippen molar-refractivity contribution in [2.45, 2.75) is 70.7 Å². The van der Waals surface area contributed by atoms with E-state index in [-0.39, 0.29) is 23.9 Å². The van der Waals surface area contributed by atoms with Gasteiger partial charge in [-0.25, -0.2) is 4.79 Å². The van der Waals surface area contributed by atoms with Crippen molar-refractivity contribution in [3.8, 4) is 12.3 Å². The van der Waals surface area contributed by atoms with Crippen LogP contribution in [0.5, 0.6) is 0 Å². The van der Waals surface area contributed by atoms with Gasteiger partial charge in [0.2, 0.25) is 0 Å². The second-order valence-corrected chi connectivity index (χ2v) is 13.3. The van der Waals surface area contributed by atoms with Gasteiger partial charge in [-0.2, -0.15) is 0 Å². The Morgan fingerprint density at radius 3 is 2.67 bits per heavy atom. The van der Waals surface area contributed by atoms with Gasteiger partial charge >= 0.3 is 5.69 Å². The maximum absolute atomic E-state index is 12.2. The molecule has 1 aliphatic heterocycles. The summed E-state index contributed by atoms with van der Waals surface area (Å²) in [5.41, 5.74) is -0.454. The van der Waals surface area contributed by atoms with E-state index in [1.54, 1.807) is 6.92 Å². The van der Waals surface area contributed by atoms with Crippen molar-refractivity contribution in [1.82, 2.24) is 9.55 Å². The highest BCUT2D eigenvalue weighted by atomic mass is 28.4. The second-order valence-electron chi connectivity index (χ2n) is 8.47. The first-order valence-electron chi connectivity index (χ1n) is 9.13. The second kappa shape index (κ2) is 8.15. The summed E-state index contributed by atoms with van der Waals surface area (Å²) >= 11 is 0. The fourth-order valence-electron chi connectivity index (χ4n) is 2.66. The van der Waals surface area contributed by atoms with E-state index < -0.39 is 25.8 Å². The molecule has 0 saturated carbocycles. The zero-order valence-electron chi connectivity index (χ0n) is 17.0. The molecular formula is C19H30N2O5Si. The maximum Gasteiger partial charge on any atom is 0.330 e. The number of aryl methyl sites for hydroxylation is 1. The zero-order valence-corrected chi connectivity index (χ0v) is 18.0. The Bertz CT molecular complexity index is 815. The number of aromatic nitrogens is 2. The molecule has 2 rings (SSSR count). The van der Waals surface area contributed by atoms with Crippen LogP contribution in [0.4, 0.5) is 0 Å². The van der Waals surface area contributed by atoms with Gasteiger partial charge in [-0.3, -0.25) is 14.3 Å². The molecule has 2 heterocycles. The average molecular weight is 395 g/mol. The molecule has 0 radical (unpaired) electrons. The molecule has 0 spiro atoms. The van der Waals surface area contributed by atoms with E-state index in [9.17, 15) is 9.59 Å². The Kier molecular flexibility index (Phi) is 6.53.